The number of pyridine rings is 1. The highest BCUT2D eigenvalue weighted by atomic mass is 16.1. The zero-order valence-corrected chi connectivity index (χ0v) is 20.2. The summed E-state index contributed by atoms with van der Waals surface area (Å²) in [6.45, 7) is 10.1. The monoisotopic (exact) mass is 456 g/mol. The minimum absolute atomic E-state index is 0.172. The molecule has 3 aromatic heterocycles. The third-order valence-electron chi connectivity index (χ3n) is 6.92. The number of aromatic amines is 1. The number of rotatable bonds is 5. The molecule has 0 saturated carbocycles. The quantitative estimate of drug-likeness (QED) is 0.486. The van der Waals surface area contributed by atoms with Gasteiger partial charge in [0, 0.05) is 18.9 Å². The molecule has 0 amide bonds. The zero-order valence-electron chi connectivity index (χ0n) is 20.2. The van der Waals surface area contributed by atoms with E-state index in [-0.39, 0.29) is 11.0 Å². The van der Waals surface area contributed by atoms with Crippen molar-refractivity contribution in [2.75, 3.05) is 19.6 Å². The number of likely N-dealkylation sites (tertiary alicyclic amines) is 1. The molecular weight excluding hydrogens is 424 g/mol. The van der Waals surface area contributed by atoms with Crippen molar-refractivity contribution in [3.05, 3.63) is 82.3 Å². The second kappa shape index (κ2) is 9.14. The van der Waals surface area contributed by atoms with Crippen LogP contribution in [-0.4, -0.2) is 49.3 Å². The van der Waals surface area contributed by atoms with Gasteiger partial charge in [-0.1, -0.05) is 45.0 Å². The number of fused-ring (bicyclic) bond motifs is 1. The standard InChI is InChI=1S/C27H32N6O/c1-27(2,3)22-6-4-5-21(15-22)20-9-13-32(14-10-20)12-8-19-16-31-33(17-19)25-24-23(7-11-28-25)26(34)30-18-29-24/h4-7,11,15-18,20H,8-10,12-14H2,1-3H3,(H,29,30,34). The van der Waals surface area contributed by atoms with Crippen molar-refractivity contribution in [3.8, 4) is 5.82 Å². The lowest BCUT2D eigenvalue weighted by atomic mass is 9.82. The van der Waals surface area contributed by atoms with Gasteiger partial charge >= 0.3 is 0 Å². The Bertz CT molecular complexity index is 1340. The van der Waals surface area contributed by atoms with Crippen LogP contribution in [0.5, 0.6) is 0 Å². The van der Waals surface area contributed by atoms with Gasteiger partial charge in [0.2, 0.25) is 0 Å². The average Bonchev–Trinajstić information content (AvgIpc) is 3.31. The maximum absolute atomic E-state index is 12.1. The van der Waals surface area contributed by atoms with Crippen molar-refractivity contribution >= 4 is 10.9 Å². The van der Waals surface area contributed by atoms with E-state index < -0.39 is 0 Å². The van der Waals surface area contributed by atoms with E-state index >= 15 is 0 Å². The van der Waals surface area contributed by atoms with Crippen molar-refractivity contribution < 1.29 is 0 Å². The summed E-state index contributed by atoms with van der Waals surface area (Å²) in [4.78, 5) is 25.9. The van der Waals surface area contributed by atoms with Crippen molar-refractivity contribution in [1.82, 2.24) is 29.6 Å². The van der Waals surface area contributed by atoms with E-state index in [2.05, 4.69) is 70.0 Å². The van der Waals surface area contributed by atoms with Crippen LogP contribution in [-0.2, 0) is 11.8 Å². The highest BCUT2D eigenvalue weighted by Gasteiger charge is 2.22. The number of nitrogens with one attached hydrogen (secondary N) is 1. The topological polar surface area (TPSA) is 79.7 Å². The molecule has 0 unspecified atom stereocenters. The molecule has 1 aliphatic rings. The van der Waals surface area contributed by atoms with E-state index in [1.54, 1.807) is 16.9 Å². The van der Waals surface area contributed by atoms with Crippen LogP contribution in [0.15, 0.2) is 60.0 Å². The lowest BCUT2D eigenvalue weighted by Crippen LogP contribution is -2.34. The summed E-state index contributed by atoms with van der Waals surface area (Å²) in [6, 6.07) is 10.9. The molecule has 0 atom stereocenters. The summed E-state index contributed by atoms with van der Waals surface area (Å²) in [5, 5.41) is 5.01. The Kier molecular flexibility index (Phi) is 6.04. The summed E-state index contributed by atoms with van der Waals surface area (Å²) >= 11 is 0. The predicted octanol–water partition coefficient (Wildman–Crippen LogP) is 4.22. The Hall–Kier alpha value is -3.32. The summed E-state index contributed by atoms with van der Waals surface area (Å²) < 4.78 is 1.72. The third kappa shape index (κ3) is 4.66. The van der Waals surface area contributed by atoms with E-state index in [0.717, 1.165) is 31.6 Å². The van der Waals surface area contributed by atoms with Crippen LogP contribution in [0, 0.1) is 0 Å². The van der Waals surface area contributed by atoms with Crippen LogP contribution in [0.2, 0.25) is 0 Å². The van der Waals surface area contributed by atoms with Crippen LogP contribution >= 0.6 is 0 Å². The molecule has 0 spiro atoms. The van der Waals surface area contributed by atoms with Gasteiger partial charge in [-0.3, -0.25) is 4.79 Å². The van der Waals surface area contributed by atoms with Crippen molar-refractivity contribution in [2.24, 2.45) is 0 Å². The molecule has 4 heterocycles. The summed E-state index contributed by atoms with van der Waals surface area (Å²) in [7, 11) is 0. The molecule has 7 heteroatoms. The summed E-state index contributed by atoms with van der Waals surface area (Å²) in [5.74, 6) is 1.22. The van der Waals surface area contributed by atoms with Gasteiger partial charge in [-0.15, -0.1) is 0 Å². The molecule has 5 rings (SSSR count). The second-order valence-corrected chi connectivity index (χ2v) is 10.3. The minimum Gasteiger partial charge on any atom is -0.313 e. The Morgan fingerprint density at radius 3 is 2.74 bits per heavy atom. The molecule has 1 N–H and O–H groups in total. The van der Waals surface area contributed by atoms with E-state index in [4.69, 9.17) is 0 Å². The molecule has 4 aromatic rings. The Labute approximate surface area is 199 Å². The Morgan fingerprint density at radius 2 is 1.94 bits per heavy atom. The molecule has 176 valence electrons. The Morgan fingerprint density at radius 1 is 1.12 bits per heavy atom. The number of piperidine rings is 1. The molecule has 0 bridgehead atoms. The zero-order chi connectivity index (χ0) is 23.7. The summed E-state index contributed by atoms with van der Waals surface area (Å²) in [5.41, 5.74) is 4.64. The molecular formula is C27H32N6O. The van der Waals surface area contributed by atoms with Gasteiger partial charge in [-0.05, 0) is 66.4 Å². The maximum Gasteiger partial charge on any atom is 0.258 e. The maximum atomic E-state index is 12.1. The molecule has 1 aromatic carbocycles. The number of nitrogens with zero attached hydrogens (tertiary/aromatic N) is 5. The fourth-order valence-corrected chi connectivity index (χ4v) is 4.80. The van der Waals surface area contributed by atoms with Gasteiger partial charge in [-0.25, -0.2) is 14.6 Å². The number of benzene rings is 1. The fourth-order valence-electron chi connectivity index (χ4n) is 4.80. The van der Waals surface area contributed by atoms with E-state index in [1.807, 2.05) is 12.4 Å². The van der Waals surface area contributed by atoms with Crippen LogP contribution in [0.1, 0.15) is 56.2 Å². The predicted molar refractivity (Wildman–Crippen MR) is 135 cm³/mol. The number of hydrogen-bond donors (Lipinski definition) is 1. The fraction of sp³-hybridized carbons (Fsp3) is 0.407. The van der Waals surface area contributed by atoms with Gasteiger partial charge in [0.15, 0.2) is 5.82 Å². The second-order valence-electron chi connectivity index (χ2n) is 10.3. The van der Waals surface area contributed by atoms with Crippen LogP contribution < -0.4 is 5.56 Å². The van der Waals surface area contributed by atoms with Crippen molar-refractivity contribution in [1.29, 1.82) is 0 Å². The molecule has 0 aliphatic carbocycles. The first kappa shape index (κ1) is 22.5. The molecule has 7 nitrogen and oxygen atoms in total. The van der Waals surface area contributed by atoms with Gasteiger partial charge in [-0.2, -0.15) is 5.10 Å². The van der Waals surface area contributed by atoms with Gasteiger partial charge in [0.05, 0.1) is 17.9 Å². The highest BCUT2D eigenvalue weighted by Crippen LogP contribution is 2.31. The SMILES string of the molecule is CC(C)(C)c1cccc(C2CCN(CCc3cnn(-c4nccc5c(=O)[nH]cnc45)c3)CC2)c1. The van der Waals surface area contributed by atoms with E-state index in [1.165, 1.54) is 30.3 Å². The molecule has 1 saturated heterocycles. The normalized spacial score (nSPS) is 15.7. The number of aromatic nitrogens is 5. The first-order valence-corrected chi connectivity index (χ1v) is 12.1. The van der Waals surface area contributed by atoms with Gasteiger partial charge in [0.25, 0.3) is 5.56 Å². The molecule has 1 aliphatic heterocycles. The largest absolute Gasteiger partial charge is 0.313 e. The van der Waals surface area contributed by atoms with E-state index in [9.17, 15) is 4.79 Å². The average molecular weight is 457 g/mol. The molecule has 0 radical (unpaired) electrons. The van der Waals surface area contributed by atoms with Gasteiger partial charge < -0.3 is 9.88 Å². The lowest BCUT2D eigenvalue weighted by molar-refractivity contribution is 0.214. The lowest BCUT2D eigenvalue weighted by Gasteiger charge is -2.32. The van der Waals surface area contributed by atoms with Crippen LogP contribution in [0.25, 0.3) is 16.7 Å². The smallest absolute Gasteiger partial charge is 0.258 e. The highest BCUT2D eigenvalue weighted by molar-refractivity contribution is 5.83. The number of hydrogen-bond acceptors (Lipinski definition) is 5. The first-order chi connectivity index (χ1) is 16.4. The molecule has 1 fully saturated rings. The summed E-state index contributed by atoms with van der Waals surface area (Å²) in [6.07, 6.45) is 10.2. The first-order valence-electron chi connectivity index (χ1n) is 12.1. The van der Waals surface area contributed by atoms with Gasteiger partial charge in [0.1, 0.15) is 5.52 Å². The van der Waals surface area contributed by atoms with Crippen LogP contribution in [0.3, 0.4) is 0 Å². The van der Waals surface area contributed by atoms with Crippen molar-refractivity contribution in [3.63, 3.8) is 0 Å². The number of H-pyrrole nitrogens is 1. The van der Waals surface area contributed by atoms with Crippen molar-refractivity contribution in [2.45, 2.75) is 51.4 Å². The Balaban J connectivity index is 1.20. The molecule has 34 heavy (non-hydrogen) atoms. The minimum atomic E-state index is -0.172. The van der Waals surface area contributed by atoms with E-state index in [0.29, 0.717) is 22.6 Å². The van der Waals surface area contributed by atoms with Crippen LogP contribution in [0.4, 0.5) is 0 Å². The third-order valence-corrected chi connectivity index (χ3v) is 6.92.